The number of piperidine rings is 1. The number of carbonyl (C=O) groups excluding carboxylic acids is 1. The first-order chi connectivity index (χ1) is 17.2. The summed E-state index contributed by atoms with van der Waals surface area (Å²) in [5.41, 5.74) is 3.09. The maximum atomic E-state index is 12.8. The third kappa shape index (κ3) is 7.04. The van der Waals surface area contributed by atoms with Crippen molar-refractivity contribution in [1.82, 2.24) is 10.2 Å². The lowest BCUT2D eigenvalue weighted by Gasteiger charge is -2.32. The number of fused-ring (bicyclic) bond motifs is 1. The molecule has 3 aromatic rings. The predicted octanol–water partition coefficient (Wildman–Crippen LogP) is 4.80. The van der Waals surface area contributed by atoms with E-state index >= 15 is 0 Å². The summed E-state index contributed by atoms with van der Waals surface area (Å²) in [7, 11) is 1.68. The van der Waals surface area contributed by atoms with Crippen LogP contribution >= 0.6 is 0 Å². The number of methoxy groups -OCH3 is 1. The van der Waals surface area contributed by atoms with Crippen LogP contribution in [0.5, 0.6) is 5.75 Å². The lowest BCUT2D eigenvalue weighted by atomic mass is 10.0. The van der Waals surface area contributed by atoms with E-state index in [0.717, 1.165) is 32.5 Å². The summed E-state index contributed by atoms with van der Waals surface area (Å²) in [4.78, 5) is 15.3. The molecule has 0 radical (unpaired) electrons. The van der Waals surface area contributed by atoms with Gasteiger partial charge >= 0.3 is 0 Å². The average molecular weight is 477 g/mol. The van der Waals surface area contributed by atoms with Crippen LogP contribution in [0.25, 0.3) is 10.8 Å². The fourth-order valence-corrected chi connectivity index (χ4v) is 4.56. The fraction of sp³-hybridized carbons (Fsp3) is 0.414. The van der Waals surface area contributed by atoms with Crippen LogP contribution in [0.4, 0.5) is 0 Å². The van der Waals surface area contributed by atoms with Crippen LogP contribution in [-0.4, -0.2) is 56.9 Å². The summed E-state index contributed by atoms with van der Waals surface area (Å²) in [6, 6.07) is 20.8. The molecule has 1 aliphatic rings. The molecule has 0 aromatic heterocycles. The number of hydrogen-bond acceptors (Lipinski definition) is 5. The minimum atomic E-state index is -0.0518. The molecule has 0 spiro atoms. The van der Waals surface area contributed by atoms with Gasteiger partial charge in [-0.25, -0.2) is 0 Å². The lowest BCUT2D eigenvalue weighted by Crippen LogP contribution is -2.44. The number of amides is 1. The summed E-state index contributed by atoms with van der Waals surface area (Å²) in [6.07, 6.45) is 1.89. The van der Waals surface area contributed by atoms with Crippen molar-refractivity contribution in [2.24, 2.45) is 0 Å². The maximum absolute atomic E-state index is 12.8. The summed E-state index contributed by atoms with van der Waals surface area (Å²) >= 11 is 0. The Morgan fingerprint density at radius 1 is 0.971 bits per heavy atom. The molecule has 3 aromatic carbocycles. The van der Waals surface area contributed by atoms with E-state index < -0.39 is 0 Å². The molecular formula is C29H36N2O4. The quantitative estimate of drug-likeness (QED) is 0.403. The number of likely N-dealkylation sites (tertiary alicyclic amines) is 1. The molecule has 1 heterocycles. The standard InChI is InChI=1S/C29H36N2O4/c1-3-35-28-7-5-4-6-27(28)29(32)30-26-12-14-31(15-13-26)20-22-8-10-24-11-9-23(19-25(24)18-22)21-34-17-16-33-2/h4-11,18-19,26H,3,12-17,20-21H2,1-2H3,(H,30,32). The van der Waals surface area contributed by atoms with Gasteiger partial charge in [-0.15, -0.1) is 0 Å². The Balaban J connectivity index is 1.29. The zero-order chi connectivity index (χ0) is 24.5. The van der Waals surface area contributed by atoms with Gasteiger partial charge in [0.25, 0.3) is 5.91 Å². The van der Waals surface area contributed by atoms with Gasteiger partial charge in [-0.05, 0) is 65.9 Å². The van der Waals surface area contributed by atoms with E-state index in [1.54, 1.807) is 7.11 Å². The first kappa shape index (κ1) is 25.2. The highest BCUT2D eigenvalue weighted by Gasteiger charge is 2.22. The van der Waals surface area contributed by atoms with E-state index in [4.69, 9.17) is 14.2 Å². The second kappa shape index (κ2) is 12.7. The molecular weight excluding hydrogens is 440 g/mol. The van der Waals surface area contributed by atoms with E-state index in [1.165, 1.54) is 21.9 Å². The van der Waals surface area contributed by atoms with Crippen molar-refractivity contribution in [2.45, 2.75) is 39.0 Å². The Morgan fingerprint density at radius 3 is 2.49 bits per heavy atom. The van der Waals surface area contributed by atoms with E-state index in [2.05, 4.69) is 46.6 Å². The molecule has 6 nitrogen and oxygen atoms in total. The van der Waals surface area contributed by atoms with Crippen molar-refractivity contribution in [3.63, 3.8) is 0 Å². The summed E-state index contributed by atoms with van der Waals surface area (Å²) in [5.74, 6) is 0.593. The molecule has 6 heteroatoms. The zero-order valence-electron chi connectivity index (χ0n) is 20.8. The van der Waals surface area contributed by atoms with Gasteiger partial charge in [0, 0.05) is 32.8 Å². The SMILES string of the molecule is CCOc1ccccc1C(=O)NC1CCN(Cc2ccc3ccc(COCCOC)cc3c2)CC1. The molecule has 186 valence electrons. The van der Waals surface area contributed by atoms with E-state index in [-0.39, 0.29) is 11.9 Å². The van der Waals surface area contributed by atoms with Crippen LogP contribution < -0.4 is 10.1 Å². The summed E-state index contributed by atoms with van der Waals surface area (Å²) in [5, 5.41) is 5.69. The number of para-hydroxylation sites is 1. The number of nitrogens with zero attached hydrogens (tertiary/aromatic N) is 1. The Labute approximate surface area is 208 Å². The number of rotatable bonds is 11. The van der Waals surface area contributed by atoms with Gasteiger partial charge < -0.3 is 19.5 Å². The highest BCUT2D eigenvalue weighted by atomic mass is 16.5. The van der Waals surface area contributed by atoms with Gasteiger partial charge in [-0.1, -0.05) is 36.4 Å². The monoisotopic (exact) mass is 476 g/mol. The van der Waals surface area contributed by atoms with Gasteiger partial charge in [0.15, 0.2) is 0 Å². The number of carbonyl (C=O) groups is 1. The highest BCUT2D eigenvalue weighted by Crippen LogP contribution is 2.22. The first-order valence-corrected chi connectivity index (χ1v) is 12.5. The molecule has 1 amide bonds. The minimum Gasteiger partial charge on any atom is -0.493 e. The summed E-state index contributed by atoms with van der Waals surface area (Å²) < 4.78 is 16.3. The van der Waals surface area contributed by atoms with Crippen LogP contribution in [0.3, 0.4) is 0 Å². The van der Waals surface area contributed by atoms with Crippen molar-refractivity contribution in [1.29, 1.82) is 0 Å². The van der Waals surface area contributed by atoms with E-state index in [0.29, 0.717) is 37.7 Å². The van der Waals surface area contributed by atoms with E-state index in [1.807, 2.05) is 31.2 Å². The van der Waals surface area contributed by atoms with Gasteiger partial charge in [-0.2, -0.15) is 0 Å². The Kier molecular flexibility index (Phi) is 9.12. The second-order valence-corrected chi connectivity index (χ2v) is 9.01. The smallest absolute Gasteiger partial charge is 0.255 e. The Morgan fingerprint density at radius 2 is 1.71 bits per heavy atom. The number of nitrogens with one attached hydrogen (secondary N) is 1. The molecule has 35 heavy (non-hydrogen) atoms. The maximum Gasteiger partial charge on any atom is 0.255 e. The molecule has 1 N–H and O–H groups in total. The van der Waals surface area contributed by atoms with Gasteiger partial charge in [-0.3, -0.25) is 9.69 Å². The molecule has 0 aliphatic carbocycles. The lowest BCUT2D eigenvalue weighted by molar-refractivity contribution is 0.0617. The van der Waals surface area contributed by atoms with Crippen molar-refractivity contribution in [3.05, 3.63) is 77.4 Å². The van der Waals surface area contributed by atoms with Gasteiger partial charge in [0.1, 0.15) is 5.75 Å². The third-order valence-corrected chi connectivity index (χ3v) is 6.43. The minimum absolute atomic E-state index is 0.0518. The largest absolute Gasteiger partial charge is 0.493 e. The van der Waals surface area contributed by atoms with E-state index in [9.17, 15) is 4.79 Å². The molecule has 4 rings (SSSR count). The predicted molar refractivity (Wildman–Crippen MR) is 139 cm³/mol. The summed E-state index contributed by atoms with van der Waals surface area (Å²) in [6.45, 7) is 7.12. The number of benzene rings is 3. The van der Waals surface area contributed by atoms with Crippen molar-refractivity contribution in [2.75, 3.05) is 40.0 Å². The first-order valence-electron chi connectivity index (χ1n) is 12.5. The van der Waals surface area contributed by atoms with Gasteiger partial charge in [0.05, 0.1) is 32.0 Å². The number of ether oxygens (including phenoxy) is 3. The fourth-order valence-electron chi connectivity index (χ4n) is 4.56. The zero-order valence-corrected chi connectivity index (χ0v) is 20.8. The topological polar surface area (TPSA) is 60.0 Å². The van der Waals surface area contributed by atoms with Crippen molar-refractivity contribution >= 4 is 16.7 Å². The average Bonchev–Trinajstić information content (AvgIpc) is 2.88. The van der Waals surface area contributed by atoms with Crippen LogP contribution in [0.2, 0.25) is 0 Å². The van der Waals surface area contributed by atoms with Crippen LogP contribution in [-0.2, 0) is 22.6 Å². The van der Waals surface area contributed by atoms with Crippen LogP contribution in [0.1, 0.15) is 41.3 Å². The molecule has 1 aliphatic heterocycles. The molecule has 0 unspecified atom stereocenters. The van der Waals surface area contributed by atoms with Gasteiger partial charge in [0.2, 0.25) is 0 Å². The highest BCUT2D eigenvalue weighted by molar-refractivity contribution is 5.97. The molecule has 1 fully saturated rings. The third-order valence-electron chi connectivity index (χ3n) is 6.43. The molecule has 0 bridgehead atoms. The number of hydrogen-bond donors (Lipinski definition) is 1. The second-order valence-electron chi connectivity index (χ2n) is 9.01. The molecule has 0 saturated carbocycles. The Bertz CT molecular complexity index is 1110. The van der Waals surface area contributed by atoms with Crippen molar-refractivity contribution in [3.8, 4) is 5.75 Å². The van der Waals surface area contributed by atoms with Crippen LogP contribution in [0, 0.1) is 0 Å². The molecule has 1 saturated heterocycles. The Hall–Kier alpha value is -2.93. The van der Waals surface area contributed by atoms with Crippen molar-refractivity contribution < 1.29 is 19.0 Å². The van der Waals surface area contributed by atoms with Crippen LogP contribution in [0.15, 0.2) is 60.7 Å². The molecule has 0 atom stereocenters. The normalized spacial score (nSPS) is 14.8.